The number of quaternary nitrogens is 3. The molecule has 12 N–H and O–H groups in total. The van der Waals surface area contributed by atoms with E-state index >= 15 is 0 Å². The van der Waals surface area contributed by atoms with Crippen molar-refractivity contribution >= 4 is 27.3 Å². The van der Waals surface area contributed by atoms with Gasteiger partial charge in [0.25, 0.3) is 0 Å². The van der Waals surface area contributed by atoms with Crippen molar-refractivity contribution in [3.63, 3.8) is 0 Å². The van der Waals surface area contributed by atoms with Crippen LogP contribution in [0, 0.1) is 0 Å². The summed E-state index contributed by atoms with van der Waals surface area (Å²) >= 11 is -5.27. The molecule has 0 bridgehead atoms. The summed E-state index contributed by atoms with van der Waals surface area (Å²) < 4.78 is 27.0. The quantitative estimate of drug-likeness (QED) is 0.417. The second-order valence-corrected chi connectivity index (χ2v) is 6.00. The first-order valence-corrected chi connectivity index (χ1v) is 7.35. The third-order valence-electron chi connectivity index (χ3n) is 0. The molecule has 0 atom stereocenters. The van der Waals surface area contributed by atoms with E-state index in [-0.39, 0.29) is 18.5 Å². The van der Waals surface area contributed by atoms with Gasteiger partial charge in [-0.15, -0.1) is 0 Å². The van der Waals surface area contributed by atoms with E-state index in [1.165, 1.54) is 0 Å². The molecule has 0 fully saturated rings. The standard InChI is InChI=1S/3H3N.3O.S.Sb/h3*1H3;;;;;/q;;;3*-1;;/p+3. The third-order valence-corrected chi connectivity index (χ3v) is 0. The van der Waals surface area contributed by atoms with Crippen LogP contribution < -0.4 is 28.6 Å². The fourth-order valence-electron chi connectivity index (χ4n) is 0. The molecule has 56 valence electrons. The van der Waals surface area contributed by atoms with Gasteiger partial charge in [0.05, 0.1) is 0 Å². The van der Waals surface area contributed by atoms with Crippen LogP contribution in [0.5, 0.6) is 0 Å². The zero-order valence-electron chi connectivity index (χ0n) is 5.08. The van der Waals surface area contributed by atoms with Gasteiger partial charge in [0.15, 0.2) is 0 Å². The number of hydrogen-bond donors (Lipinski definition) is 3. The SMILES string of the molecule is [NH4+].[NH4+].[NH4+].[O-][Sb]([O-])([O-])=[S]. The van der Waals surface area contributed by atoms with Crippen molar-refractivity contribution in [3.8, 4) is 0 Å². The van der Waals surface area contributed by atoms with E-state index in [0.717, 1.165) is 0 Å². The van der Waals surface area contributed by atoms with E-state index in [0.29, 0.717) is 0 Å². The molecule has 0 unspecified atom stereocenters. The molecule has 8 heavy (non-hydrogen) atoms. The van der Waals surface area contributed by atoms with E-state index in [4.69, 9.17) is 10.2 Å². The monoisotopic (exact) mass is 255 g/mol. The Morgan fingerprint density at radius 1 is 0.875 bits per heavy atom. The van der Waals surface area contributed by atoms with Gasteiger partial charge in [-0.3, -0.25) is 0 Å². The van der Waals surface area contributed by atoms with Crippen LogP contribution in [0.2, 0.25) is 0 Å². The molecule has 0 aromatic rings. The summed E-state index contributed by atoms with van der Waals surface area (Å²) in [4.78, 5) is 0. The van der Waals surface area contributed by atoms with Gasteiger partial charge in [0.2, 0.25) is 0 Å². The van der Waals surface area contributed by atoms with E-state index < -0.39 is 18.1 Å². The Labute approximate surface area is 56.1 Å². The molecule has 0 radical (unpaired) electrons. The van der Waals surface area contributed by atoms with Crippen LogP contribution in [-0.4, -0.2) is 18.1 Å². The van der Waals surface area contributed by atoms with Crippen LogP contribution in [0.4, 0.5) is 0 Å². The molecule has 6 nitrogen and oxygen atoms in total. The third kappa shape index (κ3) is 359. The predicted molar refractivity (Wildman–Crippen MR) is 31.3 cm³/mol. The van der Waals surface area contributed by atoms with Gasteiger partial charge >= 0.3 is 37.4 Å². The summed E-state index contributed by atoms with van der Waals surface area (Å²) in [5.74, 6) is 0. The molecule has 0 aromatic heterocycles. The van der Waals surface area contributed by atoms with Crippen LogP contribution >= 0.6 is 9.19 Å². The average molecular weight is 256 g/mol. The van der Waals surface area contributed by atoms with Gasteiger partial charge in [-0.05, 0) is 0 Å². The van der Waals surface area contributed by atoms with Crippen molar-refractivity contribution in [2.45, 2.75) is 0 Å². The topological polar surface area (TPSA) is 179 Å². The van der Waals surface area contributed by atoms with Crippen molar-refractivity contribution in [1.82, 2.24) is 18.5 Å². The molecule has 0 saturated carbocycles. The molecule has 0 spiro atoms. The molecular weight excluding hydrogens is 244 g/mol. The predicted octanol–water partition coefficient (Wildman–Crippen LogP) is -2.17. The van der Waals surface area contributed by atoms with Crippen molar-refractivity contribution in [2.24, 2.45) is 0 Å². The van der Waals surface area contributed by atoms with Crippen molar-refractivity contribution in [3.05, 3.63) is 0 Å². The van der Waals surface area contributed by atoms with Crippen molar-refractivity contribution < 1.29 is 10.2 Å². The van der Waals surface area contributed by atoms with Crippen LogP contribution in [-0.2, 0) is 0 Å². The Morgan fingerprint density at radius 2 is 0.875 bits per heavy atom. The van der Waals surface area contributed by atoms with Gasteiger partial charge in [0, 0.05) is 0 Å². The van der Waals surface area contributed by atoms with Crippen LogP contribution in [0.25, 0.3) is 0 Å². The molecule has 0 saturated heterocycles. The summed E-state index contributed by atoms with van der Waals surface area (Å²) in [6.07, 6.45) is 0. The molecular formula is H12N3O3SSb. The average Bonchev–Trinajstić information content (AvgIpc) is 0.722. The summed E-state index contributed by atoms with van der Waals surface area (Å²) in [5, 5.41) is 0. The summed E-state index contributed by atoms with van der Waals surface area (Å²) in [5.41, 5.74) is 0. The maximum absolute atomic E-state index is 9.01. The van der Waals surface area contributed by atoms with Crippen LogP contribution in [0.1, 0.15) is 0 Å². The first-order valence-electron chi connectivity index (χ1n) is 0.730. The van der Waals surface area contributed by atoms with Crippen LogP contribution in [0.3, 0.4) is 0 Å². The van der Waals surface area contributed by atoms with Crippen molar-refractivity contribution in [2.75, 3.05) is 0 Å². The van der Waals surface area contributed by atoms with Gasteiger partial charge < -0.3 is 18.5 Å². The normalized spacial score (nSPS) is 7.38. The summed E-state index contributed by atoms with van der Waals surface area (Å²) in [6, 6.07) is 0. The Hall–Kier alpha value is 0.798. The molecule has 0 amide bonds. The Morgan fingerprint density at radius 3 is 0.875 bits per heavy atom. The Kier molecular flexibility index (Phi) is 22.7. The van der Waals surface area contributed by atoms with Crippen LogP contribution in [0.15, 0.2) is 0 Å². The fraction of sp³-hybridized carbons (Fsp3) is 0. The molecule has 8 heteroatoms. The summed E-state index contributed by atoms with van der Waals surface area (Å²) in [6.45, 7) is 0. The van der Waals surface area contributed by atoms with E-state index in [1.807, 2.05) is 0 Å². The minimum atomic E-state index is -5.27. The van der Waals surface area contributed by atoms with Gasteiger partial charge in [-0.25, -0.2) is 0 Å². The fourth-order valence-corrected chi connectivity index (χ4v) is 0. The first kappa shape index (κ1) is 23.2. The molecule has 0 aliphatic rings. The number of rotatable bonds is 0. The second-order valence-electron chi connectivity index (χ2n) is 0.447. The van der Waals surface area contributed by atoms with E-state index in [1.54, 1.807) is 0 Å². The molecule has 0 heterocycles. The van der Waals surface area contributed by atoms with Gasteiger partial charge in [-0.1, -0.05) is 0 Å². The van der Waals surface area contributed by atoms with Gasteiger partial charge in [0.1, 0.15) is 0 Å². The van der Waals surface area contributed by atoms with E-state index in [9.17, 15) is 0 Å². The summed E-state index contributed by atoms with van der Waals surface area (Å²) in [7, 11) is 3.36. The Bertz CT molecular complexity index is 60.7. The van der Waals surface area contributed by atoms with Gasteiger partial charge in [-0.2, -0.15) is 0 Å². The zero-order valence-corrected chi connectivity index (χ0v) is 8.45. The molecule has 0 aromatic carbocycles. The first-order chi connectivity index (χ1) is 2.00. The molecule has 0 aliphatic heterocycles. The van der Waals surface area contributed by atoms with E-state index in [2.05, 4.69) is 9.19 Å². The Balaban J connectivity index is -0.0000000267. The zero-order chi connectivity index (χ0) is 4.50. The second kappa shape index (κ2) is 7.80. The maximum atomic E-state index is 9.01. The molecule has 0 aliphatic carbocycles. The number of hydrogen-bond acceptors (Lipinski definition) is 4. The molecule has 0 rings (SSSR count). The van der Waals surface area contributed by atoms with Crippen molar-refractivity contribution in [1.29, 1.82) is 0 Å². The minimum absolute atomic E-state index is 0.